The quantitative estimate of drug-likeness (QED) is 0.122. The second-order valence-corrected chi connectivity index (χ2v) is 8.84. The Labute approximate surface area is 213 Å². The van der Waals surface area contributed by atoms with Gasteiger partial charge in [-0.3, -0.25) is 24.0 Å². The Bertz CT molecular complexity index is 997. The highest BCUT2D eigenvalue weighted by atomic mass is 16.4. The molecule has 0 radical (unpaired) electrons. The molecule has 14 heteroatoms. The van der Waals surface area contributed by atoms with E-state index in [2.05, 4.69) is 16.0 Å². The molecule has 4 atom stereocenters. The number of nitrogens with two attached hydrogens (primary N) is 3. The summed E-state index contributed by atoms with van der Waals surface area (Å²) in [6.07, 6.45) is -1.38. The maximum absolute atomic E-state index is 13.2. The van der Waals surface area contributed by atoms with Gasteiger partial charge in [0.15, 0.2) is 0 Å². The smallest absolute Gasteiger partial charge is 0.326 e. The molecule has 0 aliphatic rings. The van der Waals surface area contributed by atoms with E-state index in [1.165, 1.54) is 24.3 Å². The normalized spacial score (nSPS) is 14.1. The Hall–Kier alpha value is -4.20. The first-order valence-corrected chi connectivity index (χ1v) is 11.4. The molecule has 1 rings (SSSR count). The fourth-order valence-corrected chi connectivity index (χ4v) is 3.15. The molecule has 0 aliphatic carbocycles. The number of rotatable bonds is 15. The monoisotopic (exact) mass is 522 g/mol. The number of carboxylic acids is 1. The van der Waals surface area contributed by atoms with Crippen molar-refractivity contribution < 1.29 is 39.0 Å². The van der Waals surface area contributed by atoms with Crippen molar-refractivity contribution in [2.75, 3.05) is 0 Å². The average molecular weight is 523 g/mol. The topological polar surface area (TPSA) is 257 Å². The molecule has 37 heavy (non-hydrogen) atoms. The van der Waals surface area contributed by atoms with E-state index in [0.717, 1.165) is 0 Å². The van der Waals surface area contributed by atoms with Gasteiger partial charge in [-0.05, 0) is 30.0 Å². The molecule has 1 aromatic rings. The van der Waals surface area contributed by atoms with Crippen molar-refractivity contribution in [3.8, 4) is 5.75 Å². The highest BCUT2D eigenvalue weighted by molar-refractivity contribution is 5.95. The number of carbonyl (C=O) groups is 6. The zero-order valence-electron chi connectivity index (χ0n) is 20.6. The lowest BCUT2D eigenvalue weighted by atomic mass is 10.0. The molecule has 0 spiro atoms. The summed E-state index contributed by atoms with van der Waals surface area (Å²) in [5.41, 5.74) is 16.6. The fraction of sp³-hybridized carbons (Fsp3) is 0.478. The molecule has 0 fully saturated rings. The van der Waals surface area contributed by atoms with Gasteiger partial charge in [0.25, 0.3) is 0 Å². The summed E-state index contributed by atoms with van der Waals surface area (Å²) >= 11 is 0. The van der Waals surface area contributed by atoms with Crippen molar-refractivity contribution in [1.29, 1.82) is 0 Å². The van der Waals surface area contributed by atoms with E-state index in [0.29, 0.717) is 5.56 Å². The highest BCUT2D eigenvalue weighted by Gasteiger charge is 2.31. The number of carbonyl (C=O) groups excluding carboxylic acids is 5. The van der Waals surface area contributed by atoms with Gasteiger partial charge in [0.2, 0.25) is 29.5 Å². The first-order chi connectivity index (χ1) is 17.2. The Balaban J connectivity index is 3.18. The van der Waals surface area contributed by atoms with Crippen molar-refractivity contribution >= 4 is 35.5 Å². The van der Waals surface area contributed by atoms with Gasteiger partial charge in [-0.15, -0.1) is 0 Å². The van der Waals surface area contributed by atoms with Gasteiger partial charge in [0, 0.05) is 12.8 Å². The molecule has 11 N–H and O–H groups in total. The number of hydrogen-bond acceptors (Lipinski definition) is 8. The third-order valence-electron chi connectivity index (χ3n) is 5.36. The number of phenols is 1. The van der Waals surface area contributed by atoms with Crippen LogP contribution in [0.1, 0.15) is 38.7 Å². The van der Waals surface area contributed by atoms with Crippen LogP contribution in [0.2, 0.25) is 0 Å². The van der Waals surface area contributed by atoms with E-state index < -0.39 is 66.1 Å². The number of phenolic OH excluding ortho intramolecular Hbond substituents is 1. The van der Waals surface area contributed by atoms with Crippen LogP contribution in [0, 0.1) is 5.92 Å². The maximum atomic E-state index is 13.2. The molecular weight excluding hydrogens is 488 g/mol. The van der Waals surface area contributed by atoms with E-state index in [9.17, 15) is 39.0 Å². The van der Waals surface area contributed by atoms with E-state index in [4.69, 9.17) is 17.2 Å². The molecular formula is C23H34N6O8. The SMILES string of the molecule is CC(C)C(N)C(=O)NC(Cc1ccc(O)cc1)C(=O)NC(CCC(N)=O)C(=O)NC(CC(N)=O)C(=O)O. The molecule has 0 heterocycles. The van der Waals surface area contributed by atoms with Crippen molar-refractivity contribution in [2.24, 2.45) is 23.1 Å². The Morgan fingerprint density at radius 1 is 0.811 bits per heavy atom. The average Bonchev–Trinajstić information content (AvgIpc) is 2.80. The van der Waals surface area contributed by atoms with Crippen molar-refractivity contribution in [2.45, 2.75) is 63.7 Å². The lowest BCUT2D eigenvalue weighted by Crippen LogP contribution is -2.58. The summed E-state index contributed by atoms with van der Waals surface area (Å²) in [6.45, 7) is 3.43. The summed E-state index contributed by atoms with van der Waals surface area (Å²) in [4.78, 5) is 72.5. The molecule has 4 unspecified atom stereocenters. The van der Waals surface area contributed by atoms with Gasteiger partial charge < -0.3 is 43.4 Å². The Kier molecular flexibility index (Phi) is 12.0. The van der Waals surface area contributed by atoms with Crippen LogP contribution in [0.25, 0.3) is 0 Å². The van der Waals surface area contributed by atoms with Crippen LogP contribution >= 0.6 is 0 Å². The molecule has 0 saturated carbocycles. The molecule has 5 amide bonds. The van der Waals surface area contributed by atoms with Crippen molar-refractivity contribution in [1.82, 2.24) is 16.0 Å². The molecule has 0 aliphatic heterocycles. The molecule has 0 bridgehead atoms. The van der Waals surface area contributed by atoms with E-state index >= 15 is 0 Å². The van der Waals surface area contributed by atoms with Crippen molar-refractivity contribution in [3.05, 3.63) is 29.8 Å². The number of hydrogen-bond donors (Lipinski definition) is 8. The van der Waals surface area contributed by atoms with Crippen LogP contribution in [0.4, 0.5) is 0 Å². The standard InChI is InChI=1S/C23H34N6O8/c1-11(2)19(26)22(35)28-15(9-12-3-5-13(30)6-4-12)21(34)27-14(7-8-17(24)31)20(33)29-16(23(36)37)10-18(25)32/h3-6,11,14-16,19,30H,7-10,26H2,1-2H3,(H2,24,31)(H2,25,32)(H,27,34)(H,28,35)(H,29,33)(H,36,37). The summed E-state index contributed by atoms with van der Waals surface area (Å²) < 4.78 is 0. The zero-order valence-corrected chi connectivity index (χ0v) is 20.6. The van der Waals surface area contributed by atoms with Gasteiger partial charge >= 0.3 is 5.97 Å². The number of aliphatic carboxylic acids is 1. The molecule has 14 nitrogen and oxygen atoms in total. The van der Waals surface area contributed by atoms with Crippen LogP contribution < -0.4 is 33.2 Å². The molecule has 0 aromatic heterocycles. The third-order valence-corrected chi connectivity index (χ3v) is 5.36. The molecule has 0 saturated heterocycles. The predicted octanol–water partition coefficient (Wildman–Crippen LogP) is -2.40. The van der Waals surface area contributed by atoms with E-state index in [1.807, 2.05) is 0 Å². The summed E-state index contributed by atoms with van der Waals surface area (Å²) in [5, 5.41) is 25.8. The first-order valence-electron chi connectivity index (χ1n) is 11.4. The molecule has 1 aromatic carbocycles. The summed E-state index contributed by atoms with van der Waals surface area (Å²) in [5.74, 6) is -6.01. The van der Waals surface area contributed by atoms with Crippen LogP contribution in [-0.4, -0.2) is 69.9 Å². The number of nitrogens with one attached hydrogen (secondary N) is 3. The number of aromatic hydroxyl groups is 1. The fourth-order valence-electron chi connectivity index (χ4n) is 3.15. The zero-order chi connectivity index (χ0) is 28.3. The third kappa shape index (κ3) is 10.9. The minimum Gasteiger partial charge on any atom is -0.508 e. The summed E-state index contributed by atoms with van der Waals surface area (Å²) in [6, 6.07) is 0.563. The number of carboxylic acid groups (broad SMARTS) is 1. The van der Waals surface area contributed by atoms with Crippen LogP contribution in [-0.2, 0) is 35.2 Å². The summed E-state index contributed by atoms with van der Waals surface area (Å²) in [7, 11) is 0. The number of benzene rings is 1. The van der Waals surface area contributed by atoms with Gasteiger partial charge in [-0.25, -0.2) is 4.79 Å². The lowest BCUT2D eigenvalue weighted by Gasteiger charge is -2.25. The van der Waals surface area contributed by atoms with Gasteiger partial charge in [-0.2, -0.15) is 0 Å². The maximum Gasteiger partial charge on any atom is 0.326 e. The Morgan fingerprint density at radius 3 is 1.81 bits per heavy atom. The number of primary amides is 2. The second-order valence-electron chi connectivity index (χ2n) is 8.84. The van der Waals surface area contributed by atoms with Crippen LogP contribution in [0.15, 0.2) is 24.3 Å². The van der Waals surface area contributed by atoms with Crippen LogP contribution in [0.3, 0.4) is 0 Å². The van der Waals surface area contributed by atoms with E-state index in [1.54, 1.807) is 13.8 Å². The number of amides is 5. The van der Waals surface area contributed by atoms with Gasteiger partial charge in [0.1, 0.15) is 23.9 Å². The molecule has 204 valence electrons. The van der Waals surface area contributed by atoms with Gasteiger partial charge in [0.05, 0.1) is 12.5 Å². The minimum atomic E-state index is -1.67. The van der Waals surface area contributed by atoms with Gasteiger partial charge in [-0.1, -0.05) is 26.0 Å². The second kappa shape index (κ2) is 14.4. The highest BCUT2D eigenvalue weighted by Crippen LogP contribution is 2.12. The first kappa shape index (κ1) is 30.8. The lowest BCUT2D eigenvalue weighted by molar-refractivity contribution is -0.144. The minimum absolute atomic E-state index is 0.0113. The van der Waals surface area contributed by atoms with Crippen molar-refractivity contribution in [3.63, 3.8) is 0 Å². The Morgan fingerprint density at radius 2 is 1.32 bits per heavy atom. The van der Waals surface area contributed by atoms with E-state index in [-0.39, 0.29) is 30.9 Å². The largest absolute Gasteiger partial charge is 0.508 e. The predicted molar refractivity (Wildman–Crippen MR) is 130 cm³/mol. The van der Waals surface area contributed by atoms with Crippen LogP contribution in [0.5, 0.6) is 5.75 Å².